The summed E-state index contributed by atoms with van der Waals surface area (Å²) in [5.41, 5.74) is 11.7. The van der Waals surface area contributed by atoms with Crippen molar-refractivity contribution in [2.75, 3.05) is 16.4 Å². The molecule has 9 heteroatoms. The van der Waals surface area contributed by atoms with Crippen molar-refractivity contribution in [3.8, 4) is 0 Å². The molecule has 0 atom stereocenters. The lowest BCUT2D eigenvalue weighted by atomic mass is 9.96. The van der Waals surface area contributed by atoms with Gasteiger partial charge in [-0.05, 0) is 65.8 Å². The number of halogens is 1. The van der Waals surface area contributed by atoms with Crippen LogP contribution in [0.15, 0.2) is 67.3 Å². The van der Waals surface area contributed by atoms with Gasteiger partial charge in [0.2, 0.25) is 0 Å². The molecule has 0 aliphatic heterocycles. The van der Waals surface area contributed by atoms with Gasteiger partial charge in [0.15, 0.2) is 5.82 Å². The van der Waals surface area contributed by atoms with Crippen LogP contribution in [-0.2, 0) is 19.6 Å². The Bertz CT molecular complexity index is 1510. The molecular weight excluding hydrogens is 455 g/mol. The fourth-order valence-corrected chi connectivity index (χ4v) is 4.34. The van der Waals surface area contributed by atoms with Crippen molar-refractivity contribution in [2.45, 2.75) is 33.5 Å². The van der Waals surface area contributed by atoms with E-state index in [-0.39, 0.29) is 5.82 Å². The Kier molecular flexibility index (Phi) is 6.44. The average Bonchev–Trinajstić information content (AvgIpc) is 3.37. The molecule has 182 valence electrons. The minimum atomic E-state index is -0.259. The highest BCUT2D eigenvalue weighted by molar-refractivity contribution is 5.94. The molecule has 0 radical (unpaired) electrons. The molecule has 3 heterocycles. The van der Waals surface area contributed by atoms with E-state index in [4.69, 9.17) is 5.73 Å². The summed E-state index contributed by atoms with van der Waals surface area (Å²) in [6, 6.07) is 13.0. The molecule has 5 rings (SSSR count). The summed E-state index contributed by atoms with van der Waals surface area (Å²) >= 11 is 0. The first-order valence-electron chi connectivity index (χ1n) is 11.7. The van der Waals surface area contributed by atoms with Crippen molar-refractivity contribution in [1.82, 2.24) is 25.0 Å². The third kappa shape index (κ3) is 4.95. The lowest BCUT2D eigenvalue weighted by Crippen LogP contribution is -2.08. The van der Waals surface area contributed by atoms with E-state index < -0.39 is 0 Å². The molecule has 0 aliphatic carbocycles. The van der Waals surface area contributed by atoms with E-state index in [0.717, 1.165) is 33.2 Å². The minimum absolute atomic E-state index is 0.259. The number of anilines is 3. The maximum absolute atomic E-state index is 14.7. The van der Waals surface area contributed by atoms with Gasteiger partial charge in [-0.3, -0.25) is 4.68 Å². The van der Waals surface area contributed by atoms with Crippen LogP contribution in [0.25, 0.3) is 10.8 Å². The highest BCUT2D eigenvalue weighted by atomic mass is 19.1. The second-order valence-corrected chi connectivity index (χ2v) is 8.75. The van der Waals surface area contributed by atoms with Crippen LogP contribution in [0.1, 0.15) is 27.8 Å². The quantitative estimate of drug-likeness (QED) is 0.291. The Balaban J connectivity index is 1.24. The van der Waals surface area contributed by atoms with Crippen molar-refractivity contribution in [2.24, 2.45) is 0 Å². The molecule has 0 unspecified atom stereocenters. The molecule has 0 amide bonds. The number of benzene rings is 2. The number of fused-ring (bicyclic) bond motifs is 1. The Morgan fingerprint density at radius 2 is 1.89 bits per heavy atom. The smallest absolute Gasteiger partial charge is 0.150 e. The molecular formula is C27H27FN8. The van der Waals surface area contributed by atoms with Crippen LogP contribution in [0.3, 0.4) is 0 Å². The number of pyridine rings is 1. The van der Waals surface area contributed by atoms with Gasteiger partial charge >= 0.3 is 0 Å². The Labute approximate surface area is 208 Å². The van der Waals surface area contributed by atoms with E-state index in [1.807, 2.05) is 30.5 Å². The average molecular weight is 483 g/mol. The zero-order valence-electron chi connectivity index (χ0n) is 20.2. The first-order valence-corrected chi connectivity index (χ1v) is 11.7. The second kappa shape index (κ2) is 9.99. The van der Waals surface area contributed by atoms with Gasteiger partial charge < -0.3 is 16.4 Å². The molecule has 0 fully saturated rings. The largest absolute Gasteiger partial charge is 0.383 e. The molecule has 36 heavy (non-hydrogen) atoms. The number of aromatic nitrogens is 5. The molecule has 2 aromatic carbocycles. The number of aryl methyl sites for hydroxylation is 2. The monoisotopic (exact) mass is 482 g/mol. The number of nitrogens with one attached hydrogen (secondary N) is 2. The standard InChI is InChI=1S/C27H27FN8/c1-17-10-23-22(6-8-30-27(23)29)18(2)24(17)15-32-26-12-21(14-33-35-26)31-13-20-5-4-19(11-25(20)28)16-36-9-3-7-34-36/h3-12,14H,13,15-16H2,1-2H3,(H2,29,30)(H2,31,32,35). The molecule has 0 saturated heterocycles. The van der Waals surface area contributed by atoms with E-state index in [9.17, 15) is 4.39 Å². The molecule has 0 spiro atoms. The molecule has 0 saturated carbocycles. The van der Waals surface area contributed by atoms with Crippen molar-refractivity contribution in [3.05, 3.63) is 101 Å². The number of hydrogen-bond acceptors (Lipinski definition) is 7. The SMILES string of the molecule is Cc1cc2c(N)nccc2c(C)c1CNc1cc(NCc2ccc(Cn3cccn3)cc2F)cnn1. The predicted molar refractivity (Wildman–Crippen MR) is 140 cm³/mol. The van der Waals surface area contributed by atoms with Crippen LogP contribution >= 0.6 is 0 Å². The van der Waals surface area contributed by atoms with Crippen molar-refractivity contribution in [1.29, 1.82) is 0 Å². The summed E-state index contributed by atoms with van der Waals surface area (Å²) in [6.45, 7) is 5.60. The highest BCUT2D eigenvalue weighted by Crippen LogP contribution is 2.28. The number of nitrogen functional groups attached to an aromatic ring is 1. The number of nitrogens with zero attached hydrogens (tertiary/aromatic N) is 5. The van der Waals surface area contributed by atoms with Gasteiger partial charge in [0.05, 0.1) is 18.4 Å². The second-order valence-electron chi connectivity index (χ2n) is 8.75. The Hall–Kier alpha value is -4.53. The molecule has 4 N–H and O–H groups in total. The topological polar surface area (TPSA) is 107 Å². The number of rotatable bonds is 8. The Morgan fingerprint density at radius 1 is 1.00 bits per heavy atom. The molecule has 3 aromatic heterocycles. The van der Waals surface area contributed by atoms with Crippen LogP contribution < -0.4 is 16.4 Å². The number of hydrogen-bond donors (Lipinski definition) is 3. The summed E-state index contributed by atoms with van der Waals surface area (Å²) in [7, 11) is 0. The van der Waals surface area contributed by atoms with Crippen LogP contribution in [0.2, 0.25) is 0 Å². The van der Waals surface area contributed by atoms with Gasteiger partial charge in [-0.1, -0.05) is 12.1 Å². The van der Waals surface area contributed by atoms with E-state index in [1.54, 1.807) is 35.4 Å². The van der Waals surface area contributed by atoms with Gasteiger partial charge in [-0.25, -0.2) is 9.37 Å². The van der Waals surface area contributed by atoms with E-state index >= 15 is 0 Å². The first-order chi connectivity index (χ1) is 17.5. The van der Waals surface area contributed by atoms with Gasteiger partial charge in [-0.15, -0.1) is 5.10 Å². The third-order valence-electron chi connectivity index (χ3n) is 6.32. The first kappa shape index (κ1) is 23.2. The highest BCUT2D eigenvalue weighted by Gasteiger charge is 2.11. The normalized spacial score (nSPS) is 11.1. The van der Waals surface area contributed by atoms with E-state index in [2.05, 4.69) is 50.8 Å². The van der Waals surface area contributed by atoms with Crippen LogP contribution in [0.5, 0.6) is 0 Å². The van der Waals surface area contributed by atoms with E-state index in [0.29, 0.717) is 36.8 Å². The molecule has 8 nitrogen and oxygen atoms in total. The zero-order chi connectivity index (χ0) is 25.1. The van der Waals surface area contributed by atoms with Crippen LogP contribution in [0.4, 0.5) is 21.7 Å². The maximum Gasteiger partial charge on any atom is 0.150 e. The summed E-state index contributed by atoms with van der Waals surface area (Å²) in [6.07, 6.45) is 6.91. The maximum atomic E-state index is 14.7. The lowest BCUT2D eigenvalue weighted by molar-refractivity contribution is 0.605. The van der Waals surface area contributed by atoms with Crippen LogP contribution in [0, 0.1) is 19.7 Å². The van der Waals surface area contributed by atoms with Gasteiger partial charge in [0, 0.05) is 48.7 Å². The van der Waals surface area contributed by atoms with Gasteiger partial charge in [0.1, 0.15) is 11.6 Å². The summed E-state index contributed by atoms with van der Waals surface area (Å²) in [5, 5.41) is 21.1. The molecule has 5 aromatic rings. The fraction of sp³-hybridized carbons (Fsp3) is 0.185. The van der Waals surface area contributed by atoms with Crippen molar-refractivity contribution < 1.29 is 4.39 Å². The Morgan fingerprint density at radius 3 is 2.69 bits per heavy atom. The predicted octanol–water partition coefficient (Wildman–Crippen LogP) is 4.83. The third-order valence-corrected chi connectivity index (χ3v) is 6.32. The summed E-state index contributed by atoms with van der Waals surface area (Å²) < 4.78 is 16.4. The summed E-state index contributed by atoms with van der Waals surface area (Å²) in [4.78, 5) is 4.20. The zero-order valence-corrected chi connectivity index (χ0v) is 20.2. The van der Waals surface area contributed by atoms with E-state index in [1.165, 1.54) is 5.56 Å². The molecule has 0 aliphatic rings. The van der Waals surface area contributed by atoms with Crippen LogP contribution in [-0.4, -0.2) is 25.0 Å². The minimum Gasteiger partial charge on any atom is -0.383 e. The lowest BCUT2D eigenvalue weighted by Gasteiger charge is -2.15. The van der Waals surface area contributed by atoms with Gasteiger partial charge in [0.25, 0.3) is 0 Å². The summed E-state index contributed by atoms with van der Waals surface area (Å²) in [5.74, 6) is 0.903. The number of nitrogens with two attached hydrogens (primary N) is 1. The van der Waals surface area contributed by atoms with Gasteiger partial charge in [-0.2, -0.15) is 10.2 Å². The van der Waals surface area contributed by atoms with Crippen molar-refractivity contribution >= 4 is 28.1 Å². The molecule has 0 bridgehead atoms. The van der Waals surface area contributed by atoms with Crippen molar-refractivity contribution in [3.63, 3.8) is 0 Å². The fourth-order valence-electron chi connectivity index (χ4n) is 4.34.